The summed E-state index contributed by atoms with van der Waals surface area (Å²) in [4.78, 5) is 8.64. The number of rotatable bonds is 2. The molecule has 1 heterocycles. The second-order valence-corrected chi connectivity index (χ2v) is 5.84. The van der Waals surface area contributed by atoms with Gasteiger partial charge in [0.1, 0.15) is 0 Å². The third kappa shape index (κ3) is 2.05. The second kappa shape index (κ2) is 4.23. The van der Waals surface area contributed by atoms with Gasteiger partial charge in [0, 0.05) is 24.1 Å². The number of nitrogens with one attached hydrogen (secondary N) is 1. The van der Waals surface area contributed by atoms with Crippen molar-refractivity contribution < 1.29 is 0 Å². The fourth-order valence-corrected chi connectivity index (χ4v) is 2.85. The van der Waals surface area contributed by atoms with E-state index in [2.05, 4.69) is 41.3 Å². The summed E-state index contributed by atoms with van der Waals surface area (Å²) in [7, 11) is 0. The zero-order valence-electron chi connectivity index (χ0n) is 11.0. The molecule has 0 amide bonds. The summed E-state index contributed by atoms with van der Waals surface area (Å²) in [5, 5.41) is 3.66. The van der Waals surface area contributed by atoms with Crippen LogP contribution < -0.4 is 5.32 Å². The molecule has 1 saturated carbocycles. The van der Waals surface area contributed by atoms with E-state index in [9.17, 15) is 0 Å². The average Bonchev–Trinajstić information content (AvgIpc) is 2.69. The lowest BCUT2D eigenvalue weighted by atomic mass is 9.87. The fourth-order valence-electron chi connectivity index (χ4n) is 2.85. The molecule has 0 spiro atoms. The quantitative estimate of drug-likeness (QED) is 0.872. The molecule has 94 valence electrons. The number of benzene rings is 1. The van der Waals surface area contributed by atoms with E-state index in [0.29, 0.717) is 11.5 Å². The van der Waals surface area contributed by atoms with Gasteiger partial charge in [-0.1, -0.05) is 20.3 Å². The highest BCUT2D eigenvalue weighted by Gasteiger charge is 2.34. The van der Waals surface area contributed by atoms with Crippen molar-refractivity contribution in [2.45, 2.75) is 39.2 Å². The van der Waals surface area contributed by atoms with Crippen molar-refractivity contribution in [1.29, 1.82) is 0 Å². The van der Waals surface area contributed by atoms with Crippen molar-refractivity contribution in [3.63, 3.8) is 0 Å². The van der Waals surface area contributed by atoms with Gasteiger partial charge >= 0.3 is 0 Å². The predicted molar refractivity (Wildman–Crippen MR) is 74.6 cm³/mol. The third-order valence-corrected chi connectivity index (χ3v) is 4.07. The molecule has 3 heteroatoms. The van der Waals surface area contributed by atoms with E-state index >= 15 is 0 Å². The molecule has 1 fully saturated rings. The Morgan fingerprint density at radius 2 is 1.94 bits per heavy atom. The third-order valence-electron chi connectivity index (χ3n) is 4.07. The Bertz CT molecular complexity index is 562. The molecular weight excluding hydrogens is 222 g/mol. The van der Waals surface area contributed by atoms with Crippen LogP contribution in [-0.2, 0) is 0 Å². The Morgan fingerprint density at radius 1 is 1.17 bits per heavy atom. The van der Waals surface area contributed by atoms with Crippen LogP contribution in [0.5, 0.6) is 0 Å². The molecule has 1 aliphatic carbocycles. The molecule has 1 aromatic carbocycles. The normalized spacial score (nSPS) is 22.2. The number of hydrogen-bond donors (Lipinski definition) is 1. The number of anilines is 1. The van der Waals surface area contributed by atoms with Gasteiger partial charge in [-0.3, -0.25) is 9.97 Å². The first-order valence-electron chi connectivity index (χ1n) is 6.62. The summed E-state index contributed by atoms with van der Waals surface area (Å²) in [5.74, 6) is 0. The van der Waals surface area contributed by atoms with E-state index in [1.54, 1.807) is 12.4 Å². The lowest BCUT2D eigenvalue weighted by Gasteiger charge is -2.28. The Kier molecular flexibility index (Phi) is 2.69. The number of aromatic nitrogens is 2. The maximum absolute atomic E-state index is 4.35. The topological polar surface area (TPSA) is 37.8 Å². The summed E-state index contributed by atoms with van der Waals surface area (Å²) in [6.45, 7) is 4.69. The van der Waals surface area contributed by atoms with Gasteiger partial charge in [0.15, 0.2) is 0 Å². The van der Waals surface area contributed by atoms with E-state index in [-0.39, 0.29) is 0 Å². The number of fused-ring (bicyclic) bond motifs is 1. The van der Waals surface area contributed by atoms with Crippen LogP contribution in [0.25, 0.3) is 11.0 Å². The summed E-state index contributed by atoms with van der Waals surface area (Å²) >= 11 is 0. The van der Waals surface area contributed by atoms with Gasteiger partial charge in [0.2, 0.25) is 0 Å². The van der Waals surface area contributed by atoms with E-state index in [4.69, 9.17) is 0 Å². The first kappa shape index (κ1) is 11.5. The van der Waals surface area contributed by atoms with Crippen LogP contribution in [0, 0.1) is 5.41 Å². The number of hydrogen-bond acceptors (Lipinski definition) is 3. The van der Waals surface area contributed by atoms with Crippen molar-refractivity contribution in [3.05, 3.63) is 30.6 Å². The summed E-state index contributed by atoms with van der Waals surface area (Å²) < 4.78 is 0. The van der Waals surface area contributed by atoms with Crippen molar-refractivity contribution in [2.75, 3.05) is 5.32 Å². The van der Waals surface area contributed by atoms with Crippen LogP contribution in [0.2, 0.25) is 0 Å². The van der Waals surface area contributed by atoms with Crippen molar-refractivity contribution >= 4 is 16.7 Å². The molecule has 3 rings (SSSR count). The molecule has 0 radical (unpaired) electrons. The van der Waals surface area contributed by atoms with Gasteiger partial charge in [0.25, 0.3) is 0 Å². The highest BCUT2D eigenvalue weighted by Crippen LogP contribution is 2.39. The molecule has 1 aromatic heterocycles. The predicted octanol–water partition coefficient (Wildman–Crippen LogP) is 3.62. The average molecular weight is 241 g/mol. The molecule has 2 aromatic rings. The molecule has 1 aliphatic rings. The van der Waals surface area contributed by atoms with Crippen molar-refractivity contribution in [2.24, 2.45) is 5.41 Å². The highest BCUT2D eigenvalue weighted by atomic mass is 14.9. The fraction of sp³-hybridized carbons (Fsp3) is 0.467. The summed E-state index contributed by atoms with van der Waals surface area (Å²) in [6.07, 6.45) is 7.35. The van der Waals surface area contributed by atoms with E-state index in [1.165, 1.54) is 19.3 Å². The van der Waals surface area contributed by atoms with Crippen molar-refractivity contribution in [3.8, 4) is 0 Å². The maximum Gasteiger partial charge on any atom is 0.0907 e. The van der Waals surface area contributed by atoms with E-state index < -0.39 is 0 Å². The van der Waals surface area contributed by atoms with Crippen LogP contribution >= 0.6 is 0 Å². The van der Waals surface area contributed by atoms with Crippen LogP contribution in [0.1, 0.15) is 33.1 Å². The van der Waals surface area contributed by atoms with E-state index in [1.807, 2.05) is 6.07 Å². The van der Waals surface area contributed by atoms with Crippen LogP contribution in [0.3, 0.4) is 0 Å². The molecule has 0 saturated heterocycles. The lowest BCUT2D eigenvalue weighted by Crippen LogP contribution is -2.30. The zero-order valence-corrected chi connectivity index (χ0v) is 11.0. The Morgan fingerprint density at radius 3 is 2.67 bits per heavy atom. The largest absolute Gasteiger partial charge is 0.382 e. The monoisotopic (exact) mass is 241 g/mol. The van der Waals surface area contributed by atoms with Gasteiger partial charge < -0.3 is 5.32 Å². The Hall–Kier alpha value is -1.64. The smallest absolute Gasteiger partial charge is 0.0907 e. The van der Waals surface area contributed by atoms with Gasteiger partial charge in [-0.05, 0) is 36.5 Å². The standard InChI is InChI=1S/C15H19N3/c1-15(2)7-3-4-14(15)18-11-5-6-12-13(10-11)17-9-8-16-12/h5-6,8-10,14,18H,3-4,7H2,1-2H3. The van der Waals surface area contributed by atoms with Gasteiger partial charge in [-0.15, -0.1) is 0 Å². The van der Waals surface area contributed by atoms with Crippen LogP contribution in [0.4, 0.5) is 5.69 Å². The van der Waals surface area contributed by atoms with Gasteiger partial charge in [-0.25, -0.2) is 0 Å². The van der Waals surface area contributed by atoms with Gasteiger partial charge in [-0.2, -0.15) is 0 Å². The molecule has 1 atom stereocenters. The minimum absolute atomic E-state index is 0.386. The SMILES string of the molecule is CC1(C)CCCC1Nc1ccc2nccnc2c1. The van der Waals surface area contributed by atoms with Crippen LogP contribution in [-0.4, -0.2) is 16.0 Å². The molecule has 1 unspecified atom stereocenters. The minimum Gasteiger partial charge on any atom is -0.382 e. The summed E-state index contributed by atoms with van der Waals surface area (Å²) in [5.41, 5.74) is 3.45. The molecule has 18 heavy (non-hydrogen) atoms. The second-order valence-electron chi connectivity index (χ2n) is 5.84. The number of nitrogens with zero attached hydrogens (tertiary/aromatic N) is 2. The van der Waals surface area contributed by atoms with Crippen LogP contribution in [0.15, 0.2) is 30.6 Å². The minimum atomic E-state index is 0.386. The Labute approximate surface area is 108 Å². The van der Waals surface area contributed by atoms with Crippen molar-refractivity contribution in [1.82, 2.24) is 9.97 Å². The molecule has 1 N–H and O–H groups in total. The first-order chi connectivity index (χ1) is 8.65. The van der Waals surface area contributed by atoms with E-state index in [0.717, 1.165) is 16.7 Å². The molecule has 0 bridgehead atoms. The molecule has 3 nitrogen and oxygen atoms in total. The molecule has 0 aliphatic heterocycles. The lowest BCUT2D eigenvalue weighted by molar-refractivity contribution is 0.350. The molecular formula is C15H19N3. The zero-order chi connectivity index (χ0) is 12.6. The first-order valence-corrected chi connectivity index (χ1v) is 6.62. The Balaban J connectivity index is 1.87. The van der Waals surface area contributed by atoms with Gasteiger partial charge in [0.05, 0.1) is 11.0 Å². The summed E-state index contributed by atoms with van der Waals surface area (Å²) in [6, 6.07) is 6.79. The highest BCUT2D eigenvalue weighted by molar-refractivity contribution is 5.78. The maximum atomic E-state index is 4.35.